The van der Waals surface area contributed by atoms with E-state index in [1.165, 1.54) is 5.56 Å². The summed E-state index contributed by atoms with van der Waals surface area (Å²) in [7, 11) is 3.36. The second-order valence-corrected chi connectivity index (χ2v) is 6.40. The van der Waals surface area contributed by atoms with Gasteiger partial charge in [-0.15, -0.1) is 5.10 Å². The van der Waals surface area contributed by atoms with Gasteiger partial charge in [-0.3, -0.25) is 9.58 Å². The fraction of sp³-hybridized carbons (Fsp3) is 0.444. The minimum Gasteiger partial charge on any atom is -0.478 e. The summed E-state index contributed by atoms with van der Waals surface area (Å²) in [5, 5.41) is 10.1. The molecule has 7 nitrogen and oxygen atoms in total. The number of likely N-dealkylation sites (tertiary alicyclic amines) is 1. The molecule has 7 heteroatoms. The zero-order valence-corrected chi connectivity index (χ0v) is 15.0. The number of methoxy groups -OCH3 is 1. The molecular weight excluding hydrogens is 318 g/mol. The van der Waals surface area contributed by atoms with Crippen LogP contribution in [0, 0.1) is 6.92 Å². The lowest BCUT2D eigenvalue weighted by atomic mass is 10.2. The predicted octanol–water partition coefficient (Wildman–Crippen LogP) is 2.13. The highest BCUT2D eigenvalue weighted by atomic mass is 16.5. The number of anilines is 1. The summed E-state index contributed by atoms with van der Waals surface area (Å²) >= 11 is 0. The van der Waals surface area contributed by atoms with E-state index in [9.17, 15) is 4.79 Å². The third-order valence-electron chi connectivity index (χ3n) is 4.59. The molecule has 2 amide bonds. The molecule has 25 heavy (non-hydrogen) atoms. The zero-order chi connectivity index (χ0) is 17.8. The molecule has 2 aromatic rings. The zero-order valence-electron chi connectivity index (χ0n) is 15.0. The van der Waals surface area contributed by atoms with E-state index >= 15 is 0 Å². The van der Waals surface area contributed by atoms with Gasteiger partial charge in [0.15, 0.2) is 0 Å². The minimum atomic E-state index is -0.221. The number of carbonyl (C=O) groups excluding carboxylic acids is 1. The first kappa shape index (κ1) is 17.3. The van der Waals surface area contributed by atoms with Crippen LogP contribution in [-0.4, -0.2) is 47.0 Å². The summed E-state index contributed by atoms with van der Waals surface area (Å²) in [4.78, 5) is 14.7. The Morgan fingerprint density at radius 3 is 2.84 bits per heavy atom. The number of rotatable bonds is 5. The van der Waals surface area contributed by atoms with E-state index in [0.717, 1.165) is 31.7 Å². The Morgan fingerprint density at radius 2 is 2.12 bits per heavy atom. The van der Waals surface area contributed by atoms with Crippen molar-refractivity contribution in [2.75, 3.05) is 25.5 Å². The number of ether oxygens (including phenoxy) is 1. The minimum absolute atomic E-state index is 0.145. The van der Waals surface area contributed by atoms with Crippen LogP contribution >= 0.6 is 0 Å². The fourth-order valence-corrected chi connectivity index (χ4v) is 3.14. The van der Waals surface area contributed by atoms with E-state index in [0.29, 0.717) is 11.6 Å². The standard InChI is InChI=1S/C18H25N5O2/c1-13-16(17(25-3)21-22(13)2)20-18(24)19-15-9-10-23(12-15)11-14-7-5-4-6-8-14/h4-8,15H,9-12H2,1-3H3,(H2,19,20,24)/t15-/m0/s1. The van der Waals surface area contributed by atoms with Crippen molar-refractivity contribution >= 4 is 11.7 Å². The molecule has 1 fully saturated rings. The van der Waals surface area contributed by atoms with Gasteiger partial charge in [0.05, 0.1) is 12.8 Å². The average Bonchev–Trinajstić information content (AvgIpc) is 3.14. The molecule has 0 unspecified atom stereocenters. The normalized spacial score (nSPS) is 17.5. The number of aryl methyl sites for hydroxylation is 1. The molecule has 2 heterocycles. The molecule has 0 radical (unpaired) electrons. The number of benzene rings is 1. The van der Waals surface area contributed by atoms with Crippen LogP contribution in [0.5, 0.6) is 5.88 Å². The number of amides is 2. The van der Waals surface area contributed by atoms with Crippen LogP contribution in [0.3, 0.4) is 0 Å². The molecule has 1 aliphatic heterocycles. The van der Waals surface area contributed by atoms with E-state index in [4.69, 9.17) is 4.74 Å². The van der Waals surface area contributed by atoms with Crippen molar-refractivity contribution in [1.29, 1.82) is 0 Å². The van der Waals surface area contributed by atoms with E-state index in [1.54, 1.807) is 11.8 Å². The number of hydrogen-bond acceptors (Lipinski definition) is 4. The monoisotopic (exact) mass is 343 g/mol. The maximum atomic E-state index is 12.3. The smallest absolute Gasteiger partial charge is 0.319 e. The first-order valence-corrected chi connectivity index (χ1v) is 8.48. The van der Waals surface area contributed by atoms with Crippen molar-refractivity contribution in [3.63, 3.8) is 0 Å². The van der Waals surface area contributed by atoms with Gasteiger partial charge in [-0.25, -0.2) is 4.79 Å². The highest BCUT2D eigenvalue weighted by molar-refractivity contribution is 5.91. The molecule has 0 bridgehead atoms. The number of carbonyl (C=O) groups is 1. The third kappa shape index (κ3) is 4.11. The molecule has 1 saturated heterocycles. The number of aromatic nitrogens is 2. The Bertz CT molecular complexity index is 729. The molecule has 3 rings (SSSR count). The van der Waals surface area contributed by atoms with Crippen molar-refractivity contribution in [2.24, 2.45) is 7.05 Å². The summed E-state index contributed by atoms with van der Waals surface area (Å²) < 4.78 is 6.90. The second-order valence-electron chi connectivity index (χ2n) is 6.40. The first-order chi connectivity index (χ1) is 12.1. The maximum Gasteiger partial charge on any atom is 0.319 e. The summed E-state index contributed by atoms with van der Waals surface area (Å²) in [6.45, 7) is 4.64. The summed E-state index contributed by atoms with van der Waals surface area (Å²) in [6.07, 6.45) is 0.948. The van der Waals surface area contributed by atoms with Crippen molar-refractivity contribution in [1.82, 2.24) is 20.0 Å². The quantitative estimate of drug-likeness (QED) is 0.872. The Kier molecular flexibility index (Phi) is 5.23. The molecule has 2 N–H and O–H groups in total. The van der Waals surface area contributed by atoms with Gasteiger partial charge >= 0.3 is 6.03 Å². The predicted molar refractivity (Wildman–Crippen MR) is 96.8 cm³/mol. The van der Waals surface area contributed by atoms with E-state index in [2.05, 4.69) is 44.9 Å². The molecule has 0 saturated carbocycles. The van der Waals surface area contributed by atoms with Crippen molar-refractivity contribution in [2.45, 2.75) is 25.9 Å². The molecule has 0 aliphatic carbocycles. The SMILES string of the molecule is COc1nn(C)c(C)c1NC(=O)N[C@H]1CCN(Cc2ccccc2)C1. The summed E-state index contributed by atoms with van der Waals surface area (Å²) in [5.41, 5.74) is 2.76. The van der Waals surface area contributed by atoms with Gasteiger partial charge in [0.1, 0.15) is 5.69 Å². The highest BCUT2D eigenvalue weighted by Gasteiger charge is 2.25. The number of nitrogens with one attached hydrogen (secondary N) is 2. The summed E-state index contributed by atoms with van der Waals surface area (Å²) in [5.74, 6) is 0.423. The van der Waals surface area contributed by atoms with E-state index < -0.39 is 0 Å². The molecule has 1 aromatic heterocycles. The van der Waals surface area contributed by atoms with Crippen LogP contribution in [0.2, 0.25) is 0 Å². The van der Waals surface area contributed by atoms with Gasteiger partial charge in [0, 0.05) is 32.7 Å². The van der Waals surface area contributed by atoms with Crippen LogP contribution in [0.4, 0.5) is 10.5 Å². The van der Waals surface area contributed by atoms with Crippen LogP contribution < -0.4 is 15.4 Å². The Balaban J connectivity index is 1.52. The number of nitrogens with zero attached hydrogens (tertiary/aromatic N) is 3. The largest absolute Gasteiger partial charge is 0.478 e. The van der Waals surface area contributed by atoms with Gasteiger partial charge in [-0.05, 0) is 18.9 Å². The lowest BCUT2D eigenvalue weighted by Crippen LogP contribution is -2.39. The second kappa shape index (κ2) is 7.57. The van der Waals surface area contributed by atoms with Crippen LogP contribution in [-0.2, 0) is 13.6 Å². The molecular formula is C18H25N5O2. The lowest BCUT2D eigenvalue weighted by molar-refractivity contribution is 0.247. The molecule has 134 valence electrons. The topological polar surface area (TPSA) is 71.4 Å². The van der Waals surface area contributed by atoms with E-state index in [-0.39, 0.29) is 12.1 Å². The van der Waals surface area contributed by atoms with Crippen LogP contribution in [0.15, 0.2) is 30.3 Å². The van der Waals surface area contributed by atoms with Gasteiger partial charge < -0.3 is 15.4 Å². The third-order valence-corrected chi connectivity index (χ3v) is 4.59. The van der Waals surface area contributed by atoms with Gasteiger partial charge in [-0.2, -0.15) is 0 Å². The van der Waals surface area contributed by atoms with Crippen molar-refractivity contribution in [3.8, 4) is 5.88 Å². The fourth-order valence-electron chi connectivity index (χ4n) is 3.14. The first-order valence-electron chi connectivity index (χ1n) is 8.48. The molecule has 1 aliphatic rings. The van der Waals surface area contributed by atoms with Crippen LogP contribution in [0.25, 0.3) is 0 Å². The van der Waals surface area contributed by atoms with Crippen LogP contribution in [0.1, 0.15) is 17.7 Å². The Hall–Kier alpha value is -2.54. The molecule has 1 aromatic carbocycles. The van der Waals surface area contributed by atoms with E-state index in [1.807, 2.05) is 20.0 Å². The molecule has 1 atom stereocenters. The Morgan fingerprint density at radius 1 is 1.36 bits per heavy atom. The lowest BCUT2D eigenvalue weighted by Gasteiger charge is -2.17. The maximum absolute atomic E-state index is 12.3. The number of hydrogen-bond donors (Lipinski definition) is 2. The highest BCUT2D eigenvalue weighted by Crippen LogP contribution is 2.26. The van der Waals surface area contributed by atoms with Gasteiger partial charge in [0.2, 0.25) is 0 Å². The molecule has 0 spiro atoms. The Labute approximate surface area is 148 Å². The van der Waals surface area contributed by atoms with Gasteiger partial charge in [0.25, 0.3) is 5.88 Å². The number of urea groups is 1. The van der Waals surface area contributed by atoms with Crippen molar-refractivity contribution in [3.05, 3.63) is 41.6 Å². The van der Waals surface area contributed by atoms with Gasteiger partial charge in [-0.1, -0.05) is 30.3 Å². The average molecular weight is 343 g/mol. The van der Waals surface area contributed by atoms with Crippen molar-refractivity contribution < 1.29 is 9.53 Å². The summed E-state index contributed by atoms with van der Waals surface area (Å²) in [6, 6.07) is 10.3.